The number of aldehydes is 1. The number of rotatable bonds is 10. The van der Waals surface area contributed by atoms with Crippen molar-refractivity contribution in [3.8, 4) is 0 Å². The third kappa shape index (κ3) is 6.80. The first-order valence-electron chi connectivity index (χ1n) is 11.8. The largest absolute Gasteiger partial charge is 0.481 e. The number of anilines is 1. The molecule has 10 heteroatoms. The van der Waals surface area contributed by atoms with Gasteiger partial charge in [0.15, 0.2) is 6.29 Å². The number of hydrogen-bond donors (Lipinski definition) is 3. The van der Waals surface area contributed by atoms with Gasteiger partial charge in [0, 0.05) is 34.2 Å². The van der Waals surface area contributed by atoms with Gasteiger partial charge in [-0.05, 0) is 81.5 Å². The number of halogens is 1. The summed E-state index contributed by atoms with van der Waals surface area (Å²) in [5, 5.41) is 15.7. The second-order valence-electron chi connectivity index (χ2n) is 9.34. The summed E-state index contributed by atoms with van der Waals surface area (Å²) in [6.45, 7) is 4.48. The molecule has 198 valence electrons. The van der Waals surface area contributed by atoms with Crippen molar-refractivity contribution in [1.82, 2.24) is 9.62 Å². The molecule has 1 unspecified atom stereocenters. The van der Waals surface area contributed by atoms with Gasteiger partial charge < -0.3 is 15.7 Å². The van der Waals surface area contributed by atoms with Crippen LogP contribution in [0.1, 0.15) is 47.2 Å². The molecule has 8 nitrogen and oxygen atoms in total. The molecule has 3 N–H and O–H groups in total. The van der Waals surface area contributed by atoms with Crippen LogP contribution in [0.2, 0.25) is 5.02 Å². The molecule has 3 rings (SSSR count). The molecule has 1 fully saturated rings. The Morgan fingerprint density at radius 1 is 1.14 bits per heavy atom. The van der Waals surface area contributed by atoms with E-state index in [1.54, 1.807) is 50.5 Å². The minimum absolute atomic E-state index is 0.190. The van der Waals surface area contributed by atoms with Crippen LogP contribution in [-0.4, -0.2) is 51.7 Å². The molecule has 0 bridgehead atoms. The number of benzene rings is 2. The zero-order valence-electron chi connectivity index (χ0n) is 21.0. The van der Waals surface area contributed by atoms with Gasteiger partial charge in [0.2, 0.25) is 5.91 Å². The summed E-state index contributed by atoms with van der Waals surface area (Å²) < 4.78 is 14.7. The van der Waals surface area contributed by atoms with Gasteiger partial charge in [-0.15, -0.1) is 0 Å². The van der Waals surface area contributed by atoms with Gasteiger partial charge in [0.25, 0.3) is 0 Å². The van der Waals surface area contributed by atoms with Crippen LogP contribution in [0.3, 0.4) is 0 Å². The van der Waals surface area contributed by atoms with Crippen LogP contribution < -0.4 is 10.6 Å². The van der Waals surface area contributed by atoms with Crippen LogP contribution in [0.25, 0.3) is 5.70 Å². The monoisotopic (exact) mass is 545 g/mol. The highest BCUT2D eigenvalue weighted by Gasteiger charge is 2.30. The van der Waals surface area contributed by atoms with Crippen molar-refractivity contribution >= 4 is 56.7 Å². The van der Waals surface area contributed by atoms with Gasteiger partial charge in [-0.1, -0.05) is 24.2 Å². The Hall–Kier alpha value is -3.14. The first-order chi connectivity index (χ1) is 17.4. The molecule has 0 heterocycles. The number of carbonyl (C=O) groups excluding carboxylic acids is 2. The predicted molar refractivity (Wildman–Crippen MR) is 148 cm³/mol. The minimum atomic E-state index is -2.75. The predicted octanol–water partition coefficient (Wildman–Crippen LogP) is 4.29. The topological polar surface area (TPSA) is 116 Å². The fraction of sp³-hybridized carbons (Fsp3) is 0.333. The fourth-order valence-corrected chi connectivity index (χ4v) is 5.46. The van der Waals surface area contributed by atoms with Crippen LogP contribution in [0, 0.1) is 11.8 Å². The summed E-state index contributed by atoms with van der Waals surface area (Å²) in [6.07, 6.45) is 2.62. The minimum Gasteiger partial charge on any atom is -0.481 e. The third-order valence-electron chi connectivity index (χ3n) is 6.68. The van der Waals surface area contributed by atoms with Crippen molar-refractivity contribution in [2.24, 2.45) is 11.8 Å². The van der Waals surface area contributed by atoms with Crippen LogP contribution in [0.15, 0.2) is 47.9 Å². The summed E-state index contributed by atoms with van der Waals surface area (Å²) in [7, 11) is 0.609. The van der Waals surface area contributed by atoms with E-state index in [0.717, 1.165) is 5.56 Å². The lowest BCUT2D eigenvalue weighted by molar-refractivity contribution is -0.143. The molecule has 0 radical (unpaired) electrons. The standard InChI is InChI=1S/C27H32ClN3O5S/c1-17(29-15-18-5-6-21(16-32)24(28)13-18)23-14-22(37(4,36)31(2)3)11-12-25(23)30-26(33)19-7-9-20(10-8-19)27(34)35/h5-6,11-14,16,19-20,29H,1,4,7-10,15H2,2-3H3,(H,30,33)(H,34,35). The van der Waals surface area contributed by atoms with Crippen molar-refractivity contribution in [2.45, 2.75) is 37.1 Å². The molecule has 2 aromatic carbocycles. The number of amides is 1. The van der Waals surface area contributed by atoms with Gasteiger partial charge in [0.1, 0.15) is 0 Å². The lowest BCUT2D eigenvalue weighted by atomic mass is 9.81. The normalized spacial score (nSPS) is 19.0. The average molecular weight is 546 g/mol. The van der Waals surface area contributed by atoms with Crippen LogP contribution in [0.4, 0.5) is 5.69 Å². The summed E-state index contributed by atoms with van der Waals surface area (Å²) in [5.74, 6) is 2.16. The van der Waals surface area contributed by atoms with E-state index in [1.165, 1.54) is 4.31 Å². The van der Waals surface area contributed by atoms with Crippen molar-refractivity contribution < 1.29 is 23.7 Å². The SMILES string of the molecule is C=C(NCc1ccc(C=O)c(Cl)c1)c1cc(S(=C)(=O)N(C)C)ccc1NC(=O)C1CCC(C(=O)O)CC1. The second-order valence-corrected chi connectivity index (χ2v) is 12.2. The molecule has 2 aromatic rings. The summed E-state index contributed by atoms with van der Waals surface area (Å²) in [6, 6.07) is 10.1. The molecule has 0 aliphatic heterocycles. The van der Waals surface area contributed by atoms with Crippen molar-refractivity contribution in [3.05, 3.63) is 64.7 Å². The fourth-order valence-electron chi connectivity index (χ4n) is 4.21. The lowest BCUT2D eigenvalue weighted by Crippen LogP contribution is -2.30. The summed E-state index contributed by atoms with van der Waals surface area (Å²) in [5.41, 5.74) is 2.75. The van der Waals surface area contributed by atoms with E-state index >= 15 is 0 Å². The zero-order chi connectivity index (χ0) is 27.3. The van der Waals surface area contributed by atoms with E-state index in [1.807, 2.05) is 0 Å². The van der Waals surface area contributed by atoms with Gasteiger partial charge in [0.05, 0.1) is 26.3 Å². The van der Waals surface area contributed by atoms with Gasteiger partial charge in [-0.3, -0.25) is 14.4 Å². The van der Waals surface area contributed by atoms with E-state index in [0.29, 0.717) is 70.9 Å². The Morgan fingerprint density at radius 2 is 1.78 bits per heavy atom. The van der Waals surface area contributed by atoms with Crippen molar-refractivity contribution in [1.29, 1.82) is 0 Å². The van der Waals surface area contributed by atoms with E-state index in [-0.39, 0.29) is 11.8 Å². The Bertz CT molecular complexity index is 1320. The maximum Gasteiger partial charge on any atom is 0.306 e. The molecule has 1 amide bonds. The highest BCUT2D eigenvalue weighted by Crippen LogP contribution is 2.32. The van der Waals surface area contributed by atoms with Gasteiger partial charge >= 0.3 is 5.97 Å². The number of aliphatic carboxylic acids is 1. The maximum absolute atomic E-state index is 13.2. The molecule has 1 atom stereocenters. The maximum atomic E-state index is 13.2. The molecule has 1 aliphatic carbocycles. The molecule has 1 saturated carbocycles. The number of nitrogens with one attached hydrogen (secondary N) is 2. The van der Waals surface area contributed by atoms with Crippen molar-refractivity contribution in [2.75, 3.05) is 19.4 Å². The highest BCUT2D eigenvalue weighted by atomic mass is 35.5. The van der Waals surface area contributed by atoms with Crippen LogP contribution in [-0.2, 0) is 25.8 Å². The van der Waals surface area contributed by atoms with E-state index < -0.39 is 21.6 Å². The second kappa shape index (κ2) is 11.9. The lowest BCUT2D eigenvalue weighted by Gasteiger charge is -2.26. The van der Waals surface area contributed by atoms with E-state index in [9.17, 15) is 23.7 Å². The highest BCUT2D eigenvalue weighted by molar-refractivity contribution is 7.98. The average Bonchev–Trinajstić information content (AvgIpc) is 2.87. The Labute approximate surface area is 222 Å². The quantitative estimate of drug-likeness (QED) is 0.303. The van der Waals surface area contributed by atoms with E-state index in [4.69, 9.17) is 11.6 Å². The summed E-state index contributed by atoms with van der Waals surface area (Å²) in [4.78, 5) is 35.8. The molecule has 0 spiro atoms. The van der Waals surface area contributed by atoms with Crippen LogP contribution >= 0.6 is 11.6 Å². The summed E-state index contributed by atoms with van der Waals surface area (Å²) >= 11 is 6.14. The Balaban J connectivity index is 1.84. The molecular formula is C27H32ClN3O5S. The Morgan fingerprint density at radius 3 is 2.35 bits per heavy atom. The molecule has 1 aliphatic rings. The van der Waals surface area contributed by atoms with Crippen LogP contribution in [0.5, 0.6) is 0 Å². The number of nitrogens with zero attached hydrogens (tertiary/aromatic N) is 1. The number of hydrogen-bond acceptors (Lipinski definition) is 5. The molecule has 37 heavy (non-hydrogen) atoms. The van der Waals surface area contributed by atoms with E-state index in [2.05, 4.69) is 23.1 Å². The molecular weight excluding hydrogens is 514 g/mol. The molecule has 0 saturated heterocycles. The first kappa shape index (κ1) is 28.4. The number of carbonyl (C=O) groups is 3. The van der Waals surface area contributed by atoms with Crippen molar-refractivity contribution in [3.63, 3.8) is 0 Å². The third-order valence-corrected chi connectivity index (χ3v) is 9.17. The molecule has 0 aromatic heterocycles. The van der Waals surface area contributed by atoms with Gasteiger partial charge in [-0.25, -0.2) is 8.51 Å². The number of carboxylic acid groups (broad SMARTS) is 1. The Kier molecular flexibility index (Phi) is 9.17. The zero-order valence-corrected chi connectivity index (χ0v) is 22.5. The smallest absolute Gasteiger partial charge is 0.306 e. The first-order valence-corrected chi connectivity index (χ1v) is 13.9. The number of carboxylic acids is 1. The van der Waals surface area contributed by atoms with Gasteiger partial charge in [-0.2, -0.15) is 0 Å².